The Morgan fingerprint density at radius 3 is 2.75 bits per heavy atom. The maximum Gasteiger partial charge on any atom is 0.0731 e. The van der Waals surface area contributed by atoms with Crippen LogP contribution >= 0.6 is 27.5 Å². The van der Waals surface area contributed by atoms with E-state index in [1.807, 2.05) is 24.3 Å². The molecule has 1 aromatic rings. The van der Waals surface area contributed by atoms with Gasteiger partial charge in [-0.05, 0) is 24.0 Å². The first kappa shape index (κ1) is 14.0. The molecule has 0 heterocycles. The molecule has 0 aliphatic rings. The van der Waals surface area contributed by atoms with Crippen molar-refractivity contribution in [2.45, 2.75) is 26.4 Å². The molecule has 0 saturated carbocycles. The third kappa shape index (κ3) is 4.86. The van der Waals surface area contributed by atoms with Crippen LogP contribution in [0.4, 0.5) is 0 Å². The molecule has 0 bridgehead atoms. The highest BCUT2D eigenvalue weighted by atomic mass is 79.9. The number of rotatable bonds is 7. The van der Waals surface area contributed by atoms with Crippen LogP contribution in [0.1, 0.15) is 25.3 Å². The lowest BCUT2D eigenvalue weighted by Crippen LogP contribution is -2.11. The summed E-state index contributed by atoms with van der Waals surface area (Å²) in [4.78, 5) is 0. The van der Waals surface area contributed by atoms with Crippen molar-refractivity contribution in [2.24, 2.45) is 5.92 Å². The lowest BCUT2D eigenvalue weighted by molar-refractivity contribution is 0.0911. The van der Waals surface area contributed by atoms with Crippen LogP contribution in [0, 0.1) is 5.92 Å². The van der Waals surface area contributed by atoms with E-state index in [4.69, 9.17) is 16.3 Å². The minimum Gasteiger partial charge on any atom is -0.376 e. The van der Waals surface area contributed by atoms with Gasteiger partial charge in [-0.15, -0.1) is 0 Å². The van der Waals surface area contributed by atoms with Gasteiger partial charge >= 0.3 is 0 Å². The highest BCUT2D eigenvalue weighted by Gasteiger charge is 2.06. The van der Waals surface area contributed by atoms with Gasteiger partial charge in [-0.3, -0.25) is 0 Å². The number of ether oxygens (including phenoxy) is 1. The molecule has 0 radical (unpaired) electrons. The molecule has 0 fully saturated rings. The molecule has 0 aliphatic carbocycles. The van der Waals surface area contributed by atoms with Gasteiger partial charge < -0.3 is 4.74 Å². The Bertz CT molecular complexity index is 304. The molecule has 16 heavy (non-hydrogen) atoms. The molecule has 1 unspecified atom stereocenters. The largest absolute Gasteiger partial charge is 0.376 e. The van der Waals surface area contributed by atoms with Crippen LogP contribution in [0.25, 0.3) is 0 Å². The van der Waals surface area contributed by atoms with Gasteiger partial charge in [-0.2, -0.15) is 0 Å². The third-order valence-corrected chi connectivity index (χ3v) is 3.77. The van der Waals surface area contributed by atoms with Crippen molar-refractivity contribution < 1.29 is 4.74 Å². The fourth-order valence-corrected chi connectivity index (χ4v) is 2.27. The molecule has 0 amide bonds. The topological polar surface area (TPSA) is 9.23 Å². The molecule has 90 valence electrons. The Morgan fingerprint density at radius 2 is 2.12 bits per heavy atom. The van der Waals surface area contributed by atoms with Gasteiger partial charge in [0.15, 0.2) is 0 Å². The van der Waals surface area contributed by atoms with Crippen LogP contribution in [-0.4, -0.2) is 11.9 Å². The first-order chi connectivity index (χ1) is 7.77. The van der Waals surface area contributed by atoms with Crippen LogP contribution in [0.15, 0.2) is 24.3 Å². The molecule has 0 spiro atoms. The van der Waals surface area contributed by atoms with Crippen molar-refractivity contribution in [2.75, 3.05) is 11.9 Å². The molecule has 0 aromatic heterocycles. The first-order valence-corrected chi connectivity index (χ1v) is 7.15. The van der Waals surface area contributed by atoms with Crippen molar-refractivity contribution in [1.82, 2.24) is 0 Å². The predicted octanol–water partition coefficient (Wildman–Crippen LogP) is 4.67. The van der Waals surface area contributed by atoms with Gasteiger partial charge in [0.05, 0.1) is 13.2 Å². The molecule has 1 nitrogen and oxygen atoms in total. The second kappa shape index (κ2) is 8.10. The first-order valence-electron chi connectivity index (χ1n) is 5.65. The van der Waals surface area contributed by atoms with Gasteiger partial charge in [0.25, 0.3) is 0 Å². The zero-order chi connectivity index (χ0) is 11.8. The van der Waals surface area contributed by atoms with E-state index in [9.17, 15) is 0 Å². The standard InChI is InChI=1S/C13H18BrClO/c1-2-5-11(8-14)9-16-10-12-6-3-4-7-13(12)15/h3-4,6-7,11H,2,5,8-10H2,1H3. The summed E-state index contributed by atoms with van der Waals surface area (Å²) in [6, 6.07) is 7.82. The van der Waals surface area contributed by atoms with Crippen LogP contribution in [-0.2, 0) is 11.3 Å². The molecule has 0 N–H and O–H groups in total. The number of hydrogen-bond acceptors (Lipinski definition) is 1. The normalized spacial score (nSPS) is 12.7. The maximum atomic E-state index is 6.05. The summed E-state index contributed by atoms with van der Waals surface area (Å²) in [5.74, 6) is 0.604. The molecular formula is C13H18BrClO. The van der Waals surface area contributed by atoms with Crippen molar-refractivity contribution in [3.8, 4) is 0 Å². The summed E-state index contributed by atoms with van der Waals surface area (Å²) in [6.45, 7) is 3.60. The average molecular weight is 306 g/mol. The van der Waals surface area contributed by atoms with E-state index in [1.165, 1.54) is 12.8 Å². The Hall–Kier alpha value is -0.0500. The van der Waals surface area contributed by atoms with E-state index in [0.29, 0.717) is 12.5 Å². The summed E-state index contributed by atoms with van der Waals surface area (Å²) in [7, 11) is 0. The van der Waals surface area contributed by atoms with E-state index < -0.39 is 0 Å². The summed E-state index contributed by atoms with van der Waals surface area (Å²) in [5.41, 5.74) is 1.06. The Labute approximate surface area is 111 Å². The number of hydrogen-bond donors (Lipinski definition) is 0. The Morgan fingerprint density at radius 1 is 1.38 bits per heavy atom. The third-order valence-electron chi connectivity index (χ3n) is 2.48. The summed E-state index contributed by atoms with van der Waals surface area (Å²) < 4.78 is 5.69. The Kier molecular flexibility index (Phi) is 7.10. The van der Waals surface area contributed by atoms with Crippen molar-refractivity contribution >= 4 is 27.5 Å². The fraction of sp³-hybridized carbons (Fsp3) is 0.538. The van der Waals surface area contributed by atoms with Crippen molar-refractivity contribution in [1.29, 1.82) is 0 Å². The SMILES string of the molecule is CCCC(CBr)COCc1ccccc1Cl. The van der Waals surface area contributed by atoms with E-state index in [-0.39, 0.29) is 0 Å². The minimum atomic E-state index is 0.604. The van der Waals surface area contributed by atoms with E-state index in [2.05, 4.69) is 22.9 Å². The van der Waals surface area contributed by atoms with Crippen LogP contribution < -0.4 is 0 Å². The number of benzene rings is 1. The lowest BCUT2D eigenvalue weighted by Gasteiger charge is -2.13. The molecule has 1 rings (SSSR count). The predicted molar refractivity (Wildman–Crippen MR) is 73.3 cm³/mol. The van der Waals surface area contributed by atoms with Crippen molar-refractivity contribution in [3.05, 3.63) is 34.9 Å². The van der Waals surface area contributed by atoms with Gasteiger partial charge in [-0.1, -0.05) is 59.1 Å². The van der Waals surface area contributed by atoms with Gasteiger partial charge in [0.1, 0.15) is 0 Å². The van der Waals surface area contributed by atoms with E-state index >= 15 is 0 Å². The zero-order valence-electron chi connectivity index (χ0n) is 9.59. The van der Waals surface area contributed by atoms with Crippen LogP contribution in [0.2, 0.25) is 5.02 Å². The highest BCUT2D eigenvalue weighted by Crippen LogP contribution is 2.17. The van der Waals surface area contributed by atoms with Gasteiger partial charge in [0, 0.05) is 10.4 Å². The zero-order valence-corrected chi connectivity index (χ0v) is 11.9. The molecule has 0 saturated heterocycles. The lowest BCUT2D eigenvalue weighted by atomic mass is 10.1. The van der Waals surface area contributed by atoms with Crippen LogP contribution in [0.3, 0.4) is 0 Å². The second-order valence-electron chi connectivity index (χ2n) is 3.92. The molecule has 0 aliphatic heterocycles. The minimum absolute atomic E-state index is 0.604. The maximum absolute atomic E-state index is 6.05. The molecule has 1 aromatic carbocycles. The van der Waals surface area contributed by atoms with Crippen molar-refractivity contribution in [3.63, 3.8) is 0 Å². The molecular weight excluding hydrogens is 287 g/mol. The van der Waals surface area contributed by atoms with E-state index in [0.717, 1.165) is 22.5 Å². The smallest absolute Gasteiger partial charge is 0.0731 e. The van der Waals surface area contributed by atoms with Crippen LogP contribution in [0.5, 0.6) is 0 Å². The number of halogens is 2. The molecule has 3 heteroatoms. The fourth-order valence-electron chi connectivity index (χ4n) is 1.56. The second-order valence-corrected chi connectivity index (χ2v) is 4.97. The van der Waals surface area contributed by atoms with Gasteiger partial charge in [0.2, 0.25) is 0 Å². The summed E-state index contributed by atoms with van der Waals surface area (Å²) in [5, 5.41) is 1.79. The number of alkyl halides is 1. The van der Waals surface area contributed by atoms with Gasteiger partial charge in [-0.25, -0.2) is 0 Å². The molecule has 1 atom stereocenters. The summed E-state index contributed by atoms with van der Waals surface area (Å²) in [6.07, 6.45) is 2.40. The monoisotopic (exact) mass is 304 g/mol. The quantitative estimate of drug-likeness (QED) is 0.665. The average Bonchev–Trinajstić information content (AvgIpc) is 2.30. The van der Waals surface area contributed by atoms with E-state index in [1.54, 1.807) is 0 Å². The summed E-state index contributed by atoms with van der Waals surface area (Å²) >= 11 is 9.56. The Balaban J connectivity index is 2.32. The highest BCUT2D eigenvalue weighted by molar-refractivity contribution is 9.09.